The molecule has 1 fully saturated rings. The number of likely N-dealkylation sites (tertiary alicyclic amines) is 1. The monoisotopic (exact) mass is 376 g/mol. The van der Waals surface area contributed by atoms with Crippen molar-refractivity contribution >= 4 is 16.9 Å². The molecule has 3 aromatic rings. The Morgan fingerprint density at radius 2 is 1.93 bits per heavy atom. The molecular formula is C23H24N2O3. The Morgan fingerprint density at radius 3 is 2.64 bits per heavy atom. The van der Waals surface area contributed by atoms with Crippen LogP contribution in [0.5, 0.6) is 0 Å². The molecular weight excluding hydrogens is 352 g/mol. The van der Waals surface area contributed by atoms with Crippen LogP contribution in [-0.4, -0.2) is 47.2 Å². The van der Waals surface area contributed by atoms with Gasteiger partial charge in [0.15, 0.2) is 0 Å². The van der Waals surface area contributed by atoms with Crippen LogP contribution in [0, 0.1) is 0 Å². The van der Waals surface area contributed by atoms with Crippen LogP contribution in [0.3, 0.4) is 0 Å². The molecule has 0 bridgehead atoms. The molecule has 1 atom stereocenters. The Morgan fingerprint density at radius 1 is 1.18 bits per heavy atom. The fourth-order valence-corrected chi connectivity index (χ4v) is 3.96. The van der Waals surface area contributed by atoms with Gasteiger partial charge in [-0.05, 0) is 32.5 Å². The lowest BCUT2D eigenvalue weighted by Gasteiger charge is -2.20. The summed E-state index contributed by atoms with van der Waals surface area (Å²) in [6.07, 6.45) is 2.29. The van der Waals surface area contributed by atoms with Gasteiger partial charge in [-0.2, -0.15) is 0 Å². The first-order valence-corrected chi connectivity index (χ1v) is 9.63. The zero-order valence-electron chi connectivity index (χ0n) is 16.0. The number of benzene rings is 2. The van der Waals surface area contributed by atoms with Crippen molar-refractivity contribution in [3.63, 3.8) is 0 Å². The van der Waals surface area contributed by atoms with Gasteiger partial charge in [0.1, 0.15) is 0 Å². The van der Waals surface area contributed by atoms with Gasteiger partial charge < -0.3 is 14.7 Å². The standard InChI is InChI=1S/C23H24N2O3/c1-25-13-7-10-17(25)14-28-15-19-21(23(26)27)18-11-5-6-12-20(18)24-22(19)16-8-3-2-4-9-16/h2-6,8-9,11-12,17H,7,10,13-15H2,1H3,(H,26,27)/t17-/m0/s1. The predicted molar refractivity (Wildman–Crippen MR) is 109 cm³/mol. The summed E-state index contributed by atoms with van der Waals surface area (Å²) in [6.45, 7) is 1.91. The van der Waals surface area contributed by atoms with Crippen LogP contribution in [0.25, 0.3) is 22.2 Å². The second-order valence-electron chi connectivity index (χ2n) is 7.29. The fourth-order valence-electron chi connectivity index (χ4n) is 3.96. The SMILES string of the molecule is CN1CCC[C@H]1COCc1c(-c2ccccc2)nc2ccccc2c1C(=O)O. The van der Waals surface area contributed by atoms with Crippen LogP contribution in [-0.2, 0) is 11.3 Å². The number of carboxylic acids is 1. The first kappa shape index (κ1) is 18.6. The maximum absolute atomic E-state index is 12.2. The molecule has 1 N–H and O–H groups in total. The van der Waals surface area contributed by atoms with E-state index >= 15 is 0 Å². The quantitative estimate of drug-likeness (QED) is 0.698. The normalized spacial score (nSPS) is 17.2. The maximum Gasteiger partial charge on any atom is 0.336 e. The molecule has 5 nitrogen and oxygen atoms in total. The second-order valence-corrected chi connectivity index (χ2v) is 7.29. The summed E-state index contributed by atoms with van der Waals surface area (Å²) < 4.78 is 6.03. The van der Waals surface area contributed by atoms with E-state index in [1.807, 2.05) is 54.6 Å². The Bertz CT molecular complexity index is 988. The van der Waals surface area contributed by atoms with E-state index in [1.54, 1.807) is 0 Å². The molecule has 144 valence electrons. The molecule has 4 rings (SSSR count). The number of para-hydroxylation sites is 1. The third kappa shape index (κ3) is 3.63. The van der Waals surface area contributed by atoms with Gasteiger partial charge in [0.25, 0.3) is 0 Å². The molecule has 28 heavy (non-hydrogen) atoms. The predicted octanol–water partition coefficient (Wildman–Crippen LogP) is 4.21. The molecule has 1 aromatic heterocycles. The minimum atomic E-state index is -0.952. The molecule has 2 heterocycles. The third-order valence-electron chi connectivity index (χ3n) is 5.48. The summed E-state index contributed by atoms with van der Waals surface area (Å²) in [6, 6.07) is 17.5. The topological polar surface area (TPSA) is 62.7 Å². The van der Waals surface area contributed by atoms with Crippen LogP contribution in [0.2, 0.25) is 0 Å². The molecule has 1 saturated heterocycles. The van der Waals surface area contributed by atoms with Crippen molar-refractivity contribution in [3.05, 3.63) is 65.7 Å². The van der Waals surface area contributed by atoms with Crippen molar-refractivity contribution in [2.45, 2.75) is 25.5 Å². The smallest absolute Gasteiger partial charge is 0.336 e. The second kappa shape index (κ2) is 8.09. The van der Waals surface area contributed by atoms with E-state index in [4.69, 9.17) is 9.72 Å². The van der Waals surface area contributed by atoms with Gasteiger partial charge >= 0.3 is 5.97 Å². The Balaban J connectivity index is 1.77. The van der Waals surface area contributed by atoms with Gasteiger partial charge in [-0.25, -0.2) is 9.78 Å². The number of fused-ring (bicyclic) bond motifs is 1. The van der Waals surface area contributed by atoms with E-state index in [1.165, 1.54) is 6.42 Å². The van der Waals surface area contributed by atoms with Crippen molar-refractivity contribution in [2.75, 3.05) is 20.2 Å². The van der Waals surface area contributed by atoms with Crippen LogP contribution < -0.4 is 0 Å². The highest BCUT2D eigenvalue weighted by atomic mass is 16.5. The molecule has 1 aliphatic rings. The average Bonchev–Trinajstić information content (AvgIpc) is 3.12. The number of pyridine rings is 1. The highest BCUT2D eigenvalue weighted by Gasteiger charge is 2.24. The van der Waals surface area contributed by atoms with Gasteiger partial charge in [-0.3, -0.25) is 0 Å². The number of carboxylic acid groups (broad SMARTS) is 1. The average molecular weight is 376 g/mol. The lowest BCUT2D eigenvalue weighted by molar-refractivity contribution is 0.0660. The molecule has 0 unspecified atom stereocenters. The highest BCUT2D eigenvalue weighted by molar-refractivity contribution is 6.05. The number of aromatic carboxylic acids is 1. The van der Waals surface area contributed by atoms with E-state index in [9.17, 15) is 9.90 Å². The summed E-state index contributed by atoms with van der Waals surface area (Å²) in [7, 11) is 2.11. The largest absolute Gasteiger partial charge is 0.478 e. The lowest BCUT2D eigenvalue weighted by Crippen LogP contribution is -2.29. The number of nitrogens with zero attached hydrogens (tertiary/aromatic N) is 2. The van der Waals surface area contributed by atoms with Gasteiger partial charge in [0.2, 0.25) is 0 Å². The molecule has 0 aliphatic carbocycles. The fraction of sp³-hybridized carbons (Fsp3) is 0.304. The Hall–Kier alpha value is -2.76. The number of aromatic nitrogens is 1. The number of hydrogen-bond acceptors (Lipinski definition) is 4. The number of carbonyl (C=O) groups is 1. The summed E-state index contributed by atoms with van der Waals surface area (Å²) in [5.74, 6) is -0.952. The van der Waals surface area contributed by atoms with E-state index in [0.29, 0.717) is 34.8 Å². The van der Waals surface area contributed by atoms with Gasteiger partial charge in [-0.1, -0.05) is 48.5 Å². The summed E-state index contributed by atoms with van der Waals surface area (Å²) in [5.41, 5.74) is 3.17. The first-order chi connectivity index (χ1) is 13.6. The zero-order chi connectivity index (χ0) is 19.5. The van der Waals surface area contributed by atoms with Gasteiger partial charge in [-0.15, -0.1) is 0 Å². The van der Waals surface area contributed by atoms with Crippen molar-refractivity contribution in [2.24, 2.45) is 0 Å². The summed E-state index contributed by atoms with van der Waals surface area (Å²) >= 11 is 0. The molecule has 0 radical (unpaired) electrons. The minimum Gasteiger partial charge on any atom is -0.478 e. The Kier molecular flexibility index (Phi) is 5.37. The van der Waals surface area contributed by atoms with Crippen molar-refractivity contribution in [1.29, 1.82) is 0 Å². The van der Waals surface area contributed by atoms with E-state index in [2.05, 4.69) is 11.9 Å². The highest BCUT2D eigenvalue weighted by Crippen LogP contribution is 2.31. The summed E-state index contributed by atoms with van der Waals surface area (Å²) in [4.78, 5) is 19.3. The number of ether oxygens (including phenoxy) is 1. The maximum atomic E-state index is 12.2. The van der Waals surface area contributed by atoms with Crippen LogP contribution in [0.4, 0.5) is 0 Å². The zero-order valence-corrected chi connectivity index (χ0v) is 16.0. The van der Waals surface area contributed by atoms with Crippen molar-refractivity contribution in [3.8, 4) is 11.3 Å². The van der Waals surface area contributed by atoms with Crippen LogP contribution in [0.15, 0.2) is 54.6 Å². The van der Waals surface area contributed by atoms with E-state index in [0.717, 1.165) is 18.5 Å². The molecule has 0 saturated carbocycles. The third-order valence-corrected chi connectivity index (χ3v) is 5.48. The van der Waals surface area contributed by atoms with Crippen molar-refractivity contribution < 1.29 is 14.6 Å². The van der Waals surface area contributed by atoms with Gasteiger partial charge in [0.05, 0.1) is 30.0 Å². The molecule has 0 amide bonds. The van der Waals surface area contributed by atoms with E-state index in [-0.39, 0.29) is 12.2 Å². The summed E-state index contributed by atoms with van der Waals surface area (Å²) in [5, 5.41) is 10.6. The van der Waals surface area contributed by atoms with E-state index < -0.39 is 5.97 Å². The van der Waals surface area contributed by atoms with Gasteiger partial charge in [0, 0.05) is 22.6 Å². The molecule has 0 spiro atoms. The minimum absolute atomic E-state index is 0.230. The molecule has 1 aliphatic heterocycles. The number of hydrogen-bond donors (Lipinski definition) is 1. The number of rotatable bonds is 6. The Labute approximate surface area is 164 Å². The van der Waals surface area contributed by atoms with Crippen LogP contribution in [0.1, 0.15) is 28.8 Å². The van der Waals surface area contributed by atoms with Crippen molar-refractivity contribution in [1.82, 2.24) is 9.88 Å². The van der Waals surface area contributed by atoms with Crippen LogP contribution >= 0.6 is 0 Å². The lowest BCUT2D eigenvalue weighted by atomic mass is 9.97. The molecule has 5 heteroatoms. The number of likely N-dealkylation sites (N-methyl/N-ethyl adjacent to an activating group) is 1. The molecule has 2 aromatic carbocycles. The first-order valence-electron chi connectivity index (χ1n) is 9.63.